The van der Waals surface area contributed by atoms with Crippen LogP contribution in [0.1, 0.15) is 38.2 Å². The number of hydrogen-bond donors (Lipinski definition) is 1. The Morgan fingerprint density at radius 3 is 3.05 bits per heavy atom. The summed E-state index contributed by atoms with van der Waals surface area (Å²) in [6.07, 6.45) is 2.59. The highest BCUT2D eigenvalue weighted by atomic mass is 32.2. The van der Waals surface area contributed by atoms with Crippen molar-refractivity contribution < 1.29 is 0 Å². The number of thioether (sulfide) groups is 1. The molecule has 0 amide bonds. The molecule has 116 valence electrons. The van der Waals surface area contributed by atoms with Crippen LogP contribution in [0, 0.1) is 5.92 Å². The summed E-state index contributed by atoms with van der Waals surface area (Å²) in [5, 5.41) is 3.74. The van der Waals surface area contributed by atoms with Gasteiger partial charge in [0, 0.05) is 35.7 Å². The third kappa shape index (κ3) is 4.02. The van der Waals surface area contributed by atoms with Crippen LogP contribution >= 0.6 is 11.8 Å². The van der Waals surface area contributed by atoms with E-state index in [4.69, 9.17) is 0 Å². The van der Waals surface area contributed by atoms with Gasteiger partial charge in [-0.15, -0.1) is 11.8 Å². The van der Waals surface area contributed by atoms with Crippen molar-refractivity contribution in [3.63, 3.8) is 0 Å². The minimum absolute atomic E-state index is 0.678. The molecule has 0 aliphatic carbocycles. The Labute approximate surface area is 133 Å². The average Bonchev–Trinajstić information content (AvgIpc) is 2.72. The SMILES string of the molecule is CC(C)CC1CN(CC2CSc3ccccc32)CCCN1. The zero-order chi connectivity index (χ0) is 14.7. The zero-order valence-electron chi connectivity index (χ0n) is 13.3. The van der Waals surface area contributed by atoms with Crippen LogP contribution in [-0.4, -0.2) is 42.9 Å². The van der Waals surface area contributed by atoms with E-state index < -0.39 is 0 Å². The number of rotatable bonds is 4. The lowest BCUT2D eigenvalue weighted by Gasteiger charge is -2.27. The van der Waals surface area contributed by atoms with Crippen LogP contribution < -0.4 is 5.32 Å². The predicted octanol–water partition coefficient (Wildman–Crippen LogP) is 3.59. The molecule has 1 aromatic carbocycles. The molecule has 2 unspecified atom stereocenters. The van der Waals surface area contributed by atoms with Crippen LogP contribution in [0.4, 0.5) is 0 Å². The summed E-state index contributed by atoms with van der Waals surface area (Å²) < 4.78 is 0. The number of nitrogens with one attached hydrogen (secondary N) is 1. The van der Waals surface area contributed by atoms with Gasteiger partial charge in [-0.25, -0.2) is 0 Å². The Kier molecular flexibility index (Phi) is 5.25. The van der Waals surface area contributed by atoms with Gasteiger partial charge in [-0.1, -0.05) is 32.0 Å². The van der Waals surface area contributed by atoms with Crippen LogP contribution in [0.5, 0.6) is 0 Å². The van der Waals surface area contributed by atoms with Crippen molar-refractivity contribution in [2.75, 3.05) is 31.9 Å². The van der Waals surface area contributed by atoms with Crippen molar-refractivity contribution in [2.24, 2.45) is 5.92 Å². The molecule has 1 fully saturated rings. The van der Waals surface area contributed by atoms with Crippen molar-refractivity contribution in [1.82, 2.24) is 10.2 Å². The molecule has 0 spiro atoms. The fraction of sp³-hybridized carbons (Fsp3) is 0.667. The molecule has 3 rings (SSSR count). The Bertz CT molecular complexity index is 460. The lowest BCUT2D eigenvalue weighted by Crippen LogP contribution is -2.40. The summed E-state index contributed by atoms with van der Waals surface area (Å²) in [5.74, 6) is 2.77. The first-order valence-corrected chi connectivity index (χ1v) is 9.38. The Morgan fingerprint density at radius 1 is 1.33 bits per heavy atom. The van der Waals surface area contributed by atoms with Crippen molar-refractivity contribution in [2.45, 2.75) is 43.5 Å². The van der Waals surface area contributed by atoms with Gasteiger partial charge in [0.1, 0.15) is 0 Å². The monoisotopic (exact) mass is 304 g/mol. The first-order chi connectivity index (χ1) is 10.2. The number of nitrogens with zero attached hydrogens (tertiary/aromatic N) is 1. The third-order valence-corrected chi connectivity index (χ3v) is 5.85. The molecule has 0 aromatic heterocycles. The van der Waals surface area contributed by atoms with Crippen molar-refractivity contribution in [1.29, 1.82) is 0 Å². The molecule has 2 nitrogen and oxygen atoms in total. The summed E-state index contributed by atoms with van der Waals surface area (Å²) in [7, 11) is 0. The zero-order valence-corrected chi connectivity index (χ0v) is 14.2. The van der Waals surface area contributed by atoms with Crippen LogP contribution in [0.2, 0.25) is 0 Å². The number of hydrogen-bond acceptors (Lipinski definition) is 3. The van der Waals surface area contributed by atoms with E-state index in [2.05, 4.69) is 48.3 Å². The summed E-state index contributed by atoms with van der Waals surface area (Å²) >= 11 is 2.04. The van der Waals surface area contributed by atoms with E-state index in [0.717, 1.165) is 11.8 Å². The van der Waals surface area contributed by atoms with E-state index in [-0.39, 0.29) is 0 Å². The average molecular weight is 305 g/mol. The molecule has 1 N–H and O–H groups in total. The van der Waals surface area contributed by atoms with E-state index >= 15 is 0 Å². The van der Waals surface area contributed by atoms with E-state index in [1.165, 1.54) is 49.7 Å². The molecule has 2 aliphatic heterocycles. The standard InChI is InChI=1S/C18H28N2S/c1-14(2)10-16-12-20(9-5-8-19-16)11-15-13-21-18-7-4-3-6-17(15)18/h3-4,6-7,14-16,19H,5,8-13H2,1-2H3. The quantitative estimate of drug-likeness (QED) is 0.915. The van der Waals surface area contributed by atoms with Gasteiger partial charge in [-0.3, -0.25) is 0 Å². The van der Waals surface area contributed by atoms with Crippen LogP contribution in [0.3, 0.4) is 0 Å². The first-order valence-electron chi connectivity index (χ1n) is 8.40. The molecule has 3 heteroatoms. The summed E-state index contributed by atoms with van der Waals surface area (Å²) in [6.45, 7) is 9.57. The molecule has 1 saturated heterocycles. The fourth-order valence-electron chi connectivity index (χ4n) is 3.66. The van der Waals surface area contributed by atoms with Gasteiger partial charge < -0.3 is 10.2 Å². The van der Waals surface area contributed by atoms with E-state index in [1.54, 1.807) is 5.56 Å². The van der Waals surface area contributed by atoms with Crippen LogP contribution in [0.15, 0.2) is 29.2 Å². The molecule has 2 aliphatic rings. The largest absolute Gasteiger partial charge is 0.313 e. The van der Waals surface area contributed by atoms with E-state index in [0.29, 0.717) is 6.04 Å². The second-order valence-electron chi connectivity index (χ2n) is 6.94. The molecule has 2 atom stereocenters. The highest BCUT2D eigenvalue weighted by Gasteiger charge is 2.26. The molecule has 0 radical (unpaired) electrons. The topological polar surface area (TPSA) is 15.3 Å². The molecule has 21 heavy (non-hydrogen) atoms. The van der Waals surface area contributed by atoms with Gasteiger partial charge in [-0.05, 0) is 43.5 Å². The van der Waals surface area contributed by atoms with Crippen molar-refractivity contribution in [3.8, 4) is 0 Å². The minimum atomic E-state index is 0.678. The highest BCUT2D eigenvalue weighted by Crippen LogP contribution is 2.39. The number of fused-ring (bicyclic) bond motifs is 1. The summed E-state index contributed by atoms with van der Waals surface area (Å²) in [4.78, 5) is 4.22. The molecule has 0 saturated carbocycles. The van der Waals surface area contributed by atoms with Gasteiger partial charge in [0.2, 0.25) is 0 Å². The highest BCUT2D eigenvalue weighted by molar-refractivity contribution is 7.99. The smallest absolute Gasteiger partial charge is 0.0197 e. The van der Waals surface area contributed by atoms with Crippen molar-refractivity contribution in [3.05, 3.63) is 29.8 Å². The predicted molar refractivity (Wildman–Crippen MR) is 92.2 cm³/mol. The Balaban J connectivity index is 1.61. The van der Waals surface area contributed by atoms with Gasteiger partial charge in [0.25, 0.3) is 0 Å². The van der Waals surface area contributed by atoms with Crippen LogP contribution in [0.25, 0.3) is 0 Å². The van der Waals surface area contributed by atoms with E-state index in [1.807, 2.05) is 11.8 Å². The molecular formula is C18H28N2S. The Morgan fingerprint density at radius 2 is 2.19 bits per heavy atom. The maximum Gasteiger partial charge on any atom is 0.0197 e. The normalized spacial score (nSPS) is 26.8. The van der Waals surface area contributed by atoms with E-state index in [9.17, 15) is 0 Å². The summed E-state index contributed by atoms with van der Waals surface area (Å²) in [6, 6.07) is 9.66. The Hall–Kier alpha value is -0.510. The molecular weight excluding hydrogens is 276 g/mol. The van der Waals surface area contributed by atoms with Gasteiger partial charge in [-0.2, -0.15) is 0 Å². The molecule has 1 aromatic rings. The minimum Gasteiger partial charge on any atom is -0.313 e. The van der Waals surface area contributed by atoms with Gasteiger partial charge in [0.15, 0.2) is 0 Å². The number of benzene rings is 1. The molecule has 2 heterocycles. The summed E-state index contributed by atoms with van der Waals surface area (Å²) in [5.41, 5.74) is 1.58. The maximum atomic E-state index is 3.74. The molecule has 0 bridgehead atoms. The second kappa shape index (κ2) is 7.17. The first kappa shape index (κ1) is 15.4. The lowest BCUT2D eigenvalue weighted by molar-refractivity contribution is 0.245. The third-order valence-electron chi connectivity index (χ3n) is 4.60. The van der Waals surface area contributed by atoms with Crippen molar-refractivity contribution >= 4 is 11.8 Å². The maximum absolute atomic E-state index is 3.74. The van der Waals surface area contributed by atoms with Gasteiger partial charge >= 0.3 is 0 Å². The fourth-order valence-corrected chi connectivity index (χ4v) is 4.90. The van der Waals surface area contributed by atoms with Crippen LogP contribution in [-0.2, 0) is 0 Å². The van der Waals surface area contributed by atoms with Gasteiger partial charge in [0.05, 0.1) is 0 Å². The second-order valence-corrected chi connectivity index (χ2v) is 8.00. The lowest BCUT2D eigenvalue weighted by atomic mass is 9.99.